The second-order valence-corrected chi connectivity index (χ2v) is 9.54. The Hall–Kier alpha value is -4.02. The van der Waals surface area contributed by atoms with E-state index in [0.717, 1.165) is 34.0 Å². The summed E-state index contributed by atoms with van der Waals surface area (Å²) in [4.78, 5) is 14.0. The SMILES string of the molecule is CCc1cccc(CNC[C@@H](O)[C@H](Cc2cc(F)cc(F)c2)NC(=O)Cn2nnc(-c3ccc(C)cc3)n2)c1. The lowest BCUT2D eigenvalue weighted by atomic mass is 10.0. The summed E-state index contributed by atoms with van der Waals surface area (Å²) in [6.07, 6.45) is -0.0999. The zero-order valence-corrected chi connectivity index (χ0v) is 21.9. The molecule has 0 spiro atoms. The number of tetrazole rings is 1. The lowest BCUT2D eigenvalue weighted by molar-refractivity contribution is -0.123. The molecule has 0 saturated carbocycles. The summed E-state index contributed by atoms with van der Waals surface area (Å²) in [5.41, 5.74) is 4.45. The molecule has 2 atom stereocenters. The van der Waals surface area contributed by atoms with Crippen LogP contribution in [-0.2, 0) is 30.7 Å². The second kappa shape index (κ2) is 13.2. The summed E-state index contributed by atoms with van der Waals surface area (Å²) >= 11 is 0. The zero-order valence-electron chi connectivity index (χ0n) is 21.9. The van der Waals surface area contributed by atoms with Crippen LogP contribution < -0.4 is 10.6 Å². The molecule has 0 radical (unpaired) electrons. The Bertz CT molecular complexity index is 1370. The minimum Gasteiger partial charge on any atom is -0.390 e. The molecule has 0 fully saturated rings. The normalized spacial score (nSPS) is 12.7. The molecular formula is C29H32F2N6O2. The number of hydrogen-bond donors (Lipinski definition) is 3. The van der Waals surface area contributed by atoms with E-state index in [9.17, 15) is 18.7 Å². The Morgan fingerprint density at radius 1 is 1.00 bits per heavy atom. The van der Waals surface area contributed by atoms with Gasteiger partial charge in [-0.05, 0) is 53.8 Å². The summed E-state index contributed by atoms with van der Waals surface area (Å²) in [6, 6.07) is 18.0. The molecule has 0 aliphatic carbocycles. The van der Waals surface area contributed by atoms with Crippen molar-refractivity contribution in [2.75, 3.05) is 6.54 Å². The zero-order chi connectivity index (χ0) is 27.8. The van der Waals surface area contributed by atoms with E-state index in [1.54, 1.807) is 0 Å². The van der Waals surface area contributed by atoms with Crippen LogP contribution in [0.25, 0.3) is 11.4 Å². The predicted octanol–water partition coefficient (Wildman–Crippen LogP) is 3.37. The first-order chi connectivity index (χ1) is 18.8. The lowest BCUT2D eigenvalue weighted by Gasteiger charge is -2.25. The summed E-state index contributed by atoms with van der Waals surface area (Å²) in [5, 5.41) is 29.2. The average Bonchev–Trinajstić information content (AvgIpc) is 3.36. The number of carbonyl (C=O) groups excluding carboxylic acids is 1. The predicted molar refractivity (Wildman–Crippen MR) is 144 cm³/mol. The highest BCUT2D eigenvalue weighted by molar-refractivity contribution is 5.76. The second-order valence-electron chi connectivity index (χ2n) is 9.54. The lowest BCUT2D eigenvalue weighted by Crippen LogP contribution is -2.49. The van der Waals surface area contributed by atoms with Gasteiger partial charge in [0.25, 0.3) is 0 Å². The van der Waals surface area contributed by atoms with E-state index in [4.69, 9.17) is 0 Å². The number of nitrogens with one attached hydrogen (secondary N) is 2. The number of aromatic nitrogens is 4. The molecule has 1 heterocycles. The molecular weight excluding hydrogens is 502 g/mol. The van der Waals surface area contributed by atoms with Crippen LogP contribution in [0.5, 0.6) is 0 Å². The molecule has 0 aliphatic rings. The molecule has 0 bridgehead atoms. The van der Waals surface area contributed by atoms with Crippen molar-refractivity contribution in [3.63, 3.8) is 0 Å². The van der Waals surface area contributed by atoms with Crippen LogP contribution in [0.15, 0.2) is 66.7 Å². The third-order valence-corrected chi connectivity index (χ3v) is 6.32. The van der Waals surface area contributed by atoms with Crippen LogP contribution in [0.1, 0.15) is 29.2 Å². The molecule has 1 amide bonds. The maximum Gasteiger partial charge on any atom is 0.243 e. The molecule has 3 aromatic carbocycles. The molecule has 4 aromatic rings. The molecule has 3 N–H and O–H groups in total. The molecule has 1 aromatic heterocycles. The van der Waals surface area contributed by atoms with Gasteiger partial charge in [-0.15, -0.1) is 10.2 Å². The van der Waals surface area contributed by atoms with Gasteiger partial charge in [-0.3, -0.25) is 4.79 Å². The first-order valence-electron chi connectivity index (χ1n) is 12.8. The number of rotatable bonds is 12. The smallest absolute Gasteiger partial charge is 0.243 e. The van der Waals surface area contributed by atoms with Crippen molar-refractivity contribution in [2.24, 2.45) is 0 Å². The van der Waals surface area contributed by atoms with Crippen molar-refractivity contribution in [1.29, 1.82) is 0 Å². The average molecular weight is 535 g/mol. The number of aryl methyl sites for hydroxylation is 2. The summed E-state index contributed by atoms with van der Waals surface area (Å²) in [6.45, 7) is 4.48. The number of halogens is 2. The van der Waals surface area contributed by atoms with Gasteiger partial charge in [-0.1, -0.05) is 61.0 Å². The standard InChI is InChI=1S/C29H32F2N6O2/c1-3-20-5-4-6-21(11-20)16-32-17-27(38)26(14-22-12-24(30)15-25(31)13-22)33-28(39)18-37-35-29(34-36-37)23-9-7-19(2)8-10-23/h4-13,15,26-27,32,38H,3,14,16-18H2,1-2H3,(H,33,39)/t26-,27+/m0/s1. The van der Waals surface area contributed by atoms with Gasteiger partial charge < -0.3 is 15.7 Å². The number of nitrogens with zero attached hydrogens (tertiary/aromatic N) is 4. The number of carbonyl (C=O) groups is 1. The molecule has 0 saturated heterocycles. The van der Waals surface area contributed by atoms with Crippen LogP contribution in [0.2, 0.25) is 0 Å². The van der Waals surface area contributed by atoms with Crippen LogP contribution in [0.3, 0.4) is 0 Å². The number of aliphatic hydroxyl groups is 1. The minimum atomic E-state index is -1.04. The Labute approximate surface area is 226 Å². The molecule has 204 valence electrons. The van der Waals surface area contributed by atoms with Gasteiger partial charge in [-0.2, -0.15) is 4.80 Å². The van der Waals surface area contributed by atoms with Gasteiger partial charge in [0.1, 0.15) is 18.2 Å². The highest BCUT2D eigenvalue weighted by Crippen LogP contribution is 2.15. The Morgan fingerprint density at radius 2 is 1.72 bits per heavy atom. The van der Waals surface area contributed by atoms with E-state index < -0.39 is 29.7 Å². The topological polar surface area (TPSA) is 105 Å². The van der Waals surface area contributed by atoms with Gasteiger partial charge in [-0.25, -0.2) is 8.78 Å². The van der Waals surface area contributed by atoms with Crippen LogP contribution in [0.4, 0.5) is 8.78 Å². The van der Waals surface area contributed by atoms with Crippen molar-refractivity contribution in [1.82, 2.24) is 30.8 Å². The first-order valence-corrected chi connectivity index (χ1v) is 12.8. The van der Waals surface area contributed by atoms with E-state index in [1.807, 2.05) is 43.3 Å². The summed E-state index contributed by atoms with van der Waals surface area (Å²) < 4.78 is 27.6. The van der Waals surface area contributed by atoms with Crippen molar-refractivity contribution in [2.45, 2.75) is 51.9 Å². The van der Waals surface area contributed by atoms with Gasteiger partial charge in [0.05, 0.1) is 12.1 Å². The van der Waals surface area contributed by atoms with Gasteiger partial charge in [0.15, 0.2) is 0 Å². The van der Waals surface area contributed by atoms with Crippen molar-refractivity contribution < 1.29 is 18.7 Å². The quantitative estimate of drug-likeness (QED) is 0.258. The van der Waals surface area contributed by atoms with Crippen LogP contribution >= 0.6 is 0 Å². The molecule has 8 nitrogen and oxygen atoms in total. The molecule has 4 rings (SSSR count). The summed E-state index contributed by atoms with van der Waals surface area (Å²) in [5.74, 6) is -1.55. The molecule has 39 heavy (non-hydrogen) atoms. The highest BCUT2D eigenvalue weighted by atomic mass is 19.1. The fourth-order valence-corrected chi connectivity index (χ4v) is 4.24. The largest absolute Gasteiger partial charge is 0.390 e. The van der Waals surface area contributed by atoms with Gasteiger partial charge >= 0.3 is 0 Å². The molecule has 0 unspecified atom stereocenters. The third kappa shape index (κ3) is 8.23. The van der Waals surface area contributed by atoms with E-state index in [2.05, 4.69) is 45.1 Å². The van der Waals surface area contributed by atoms with Crippen molar-refractivity contribution in [3.05, 3.63) is 101 Å². The highest BCUT2D eigenvalue weighted by Gasteiger charge is 2.23. The Kier molecular flexibility index (Phi) is 9.45. The molecule has 10 heteroatoms. The fraction of sp³-hybridized carbons (Fsp3) is 0.310. The first kappa shape index (κ1) is 28.0. The summed E-state index contributed by atoms with van der Waals surface area (Å²) in [7, 11) is 0. The van der Waals surface area contributed by atoms with E-state index >= 15 is 0 Å². The Balaban J connectivity index is 1.41. The van der Waals surface area contributed by atoms with Crippen LogP contribution in [0, 0.1) is 18.6 Å². The van der Waals surface area contributed by atoms with Crippen molar-refractivity contribution >= 4 is 5.91 Å². The maximum atomic E-state index is 13.8. The number of amides is 1. The van der Waals surface area contributed by atoms with Crippen molar-refractivity contribution in [3.8, 4) is 11.4 Å². The minimum absolute atomic E-state index is 0.0218. The number of hydrogen-bond acceptors (Lipinski definition) is 6. The molecule has 0 aliphatic heterocycles. The van der Waals surface area contributed by atoms with Gasteiger partial charge in [0, 0.05) is 24.7 Å². The number of benzene rings is 3. The van der Waals surface area contributed by atoms with Crippen LogP contribution in [-0.4, -0.2) is 49.9 Å². The van der Waals surface area contributed by atoms with E-state index in [-0.39, 0.29) is 19.5 Å². The Morgan fingerprint density at radius 3 is 2.44 bits per heavy atom. The number of aliphatic hydroxyl groups excluding tert-OH is 1. The van der Waals surface area contributed by atoms with Gasteiger partial charge in [0.2, 0.25) is 11.7 Å². The van der Waals surface area contributed by atoms with E-state index in [0.29, 0.717) is 17.9 Å². The fourth-order valence-electron chi connectivity index (χ4n) is 4.24. The monoisotopic (exact) mass is 534 g/mol. The third-order valence-electron chi connectivity index (χ3n) is 6.32. The van der Waals surface area contributed by atoms with E-state index in [1.165, 1.54) is 17.7 Å². The maximum absolute atomic E-state index is 13.8.